The van der Waals surface area contributed by atoms with Crippen molar-refractivity contribution < 1.29 is 38.9 Å². The molecular formula is C56H60N4O8. The fourth-order valence-corrected chi connectivity index (χ4v) is 9.41. The van der Waals surface area contributed by atoms with Gasteiger partial charge >= 0.3 is 11.9 Å². The molecule has 68 heavy (non-hydrogen) atoms. The number of aliphatic carboxylic acids is 2. The zero-order valence-corrected chi connectivity index (χ0v) is 40.2. The molecular weight excluding hydrogens is 857 g/mol. The normalized spacial score (nSPS) is 13.8. The summed E-state index contributed by atoms with van der Waals surface area (Å²) in [5.74, 6) is -1.35. The smallest absolute Gasteiger partial charge is 0.304 e. The van der Waals surface area contributed by atoms with Crippen molar-refractivity contribution in [2.45, 2.75) is 92.2 Å². The summed E-state index contributed by atoms with van der Waals surface area (Å²) < 4.78 is 10.4. The van der Waals surface area contributed by atoms with Crippen molar-refractivity contribution >= 4 is 23.8 Å². The van der Waals surface area contributed by atoms with E-state index in [9.17, 15) is 29.4 Å². The van der Waals surface area contributed by atoms with Crippen molar-refractivity contribution in [3.63, 3.8) is 0 Å². The number of fused-ring (bicyclic) bond motifs is 2. The second-order valence-corrected chi connectivity index (χ2v) is 18.1. The number of methoxy groups -OCH3 is 2. The average Bonchev–Trinajstić information content (AvgIpc) is 3.33. The Hall–Kier alpha value is -7.34. The first-order chi connectivity index (χ1) is 32.5. The lowest BCUT2D eigenvalue weighted by Gasteiger charge is -2.30. The van der Waals surface area contributed by atoms with E-state index >= 15 is 0 Å². The van der Waals surface area contributed by atoms with Crippen LogP contribution < -0.4 is 9.47 Å². The molecule has 0 aliphatic carbocycles. The zero-order valence-electron chi connectivity index (χ0n) is 40.2. The summed E-state index contributed by atoms with van der Waals surface area (Å²) in [6.07, 6.45) is 4.88. The second-order valence-electron chi connectivity index (χ2n) is 18.1. The molecule has 2 aromatic heterocycles. The monoisotopic (exact) mass is 916 g/mol. The second kappa shape index (κ2) is 21.1. The molecule has 0 spiro atoms. The molecule has 2 amide bonds. The molecule has 4 heterocycles. The highest BCUT2D eigenvalue weighted by molar-refractivity contribution is 5.96. The number of benzene rings is 4. The molecule has 8 rings (SSSR count). The topological polar surface area (TPSA) is 159 Å². The van der Waals surface area contributed by atoms with Crippen LogP contribution in [-0.4, -0.2) is 81.0 Å². The van der Waals surface area contributed by atoms with Gasteiger partial charge in [0.05, 0.1) is 27.1 Å². The number of amides is 2. The molecule has 12 nitrogen and oxygen atoms in total. The Morgan fingerprint density at radius 2 is 0.926 bits per heavy atom. The van der Waals surface area contributed by atoms with Gasteiger partial charge in [0.1, 0.15) is 0 Å². The van der Waals surface area contributed by atoms with E-state index in [-0.39, 0.29) is 36.5 Å². The van der Waals surface area contributed by atoms with E-state index in [4.69, 9.17) is 9.47 Å². The van der Waals surface area contributed by atoms with Crippen LogP contribution in [0.2, 0.25) is 0 Å². The minimum atomic E-state index is -0.871. The van der Waals surface area contributed by atoms with Gasteiger partial charge in [0.2, 0.25) is 11.8 Å². The average molecular weight is 917 g/mol. The van der Waals surface area contributed by atoms with E-state index in [1.807, 2.05) is 112 Å². The quantitative estimate of drug-likeness (QED) is 0.121. The number of aryl methyl sites for hydroxylation is 6. The van der Waals surface area contributed by atoms with Crippen molar-refractivity contribution in [1.29, 1.82) is 0 Å². The molecule has 2 N–H and O–H groups in total. The summed E-state index contributed by atoms with van der Waals surface area (Å²) in [5, 5.41) is 19.3. The Bertz CT molecular complexity index is 2700. The van der Waals surface area contributed by atoms with E-state index < -0.39 is 11.9 Å². The minimum Gasteiger partial charge on any atom is -0.481 e. The standard InChI is InChI=1S/2C28H30N2O4/c2*1-17-5-6-18(2)23(11-17)28(33)30-10-9-20-7-8-21(13-22(20)16-30)24(14-27(31)32)25-15-29-26(34-4)12-19(25)3/h2*5-8,11-13,15,24H,9-10,14,16H2,1-4H3,(H,31,32)/t2*24-/m10/s1. The third-order valence-electron chi connectivity index (χ3n) is 13.3. The highest BCUT2D eigenvalue weighted by atomic mass is 16.5. The molecule has 0 saturated heterocycles. The number of carboxylic acids is 2. The van der Waals surface area contributed by atoms with Gasteiger partial charge in [-0.2, -0.15) is 0 Å². The number of pyridine rings is 2. The Labute approximate surface area is 398 Å². The number of carbonyl (C=O) groups is 4. The first-order valence-electron chi connectivity index (χ1n) is 22.9. The van der Waals surface area contributed by atoms with Crippen molar-refractivity contribution in [2.75, 3.05) is 27.3 Å². The van der Waals surface area contributed by atoms with E-state index in [0.29, 0.717) is 37.9 Å². The third-order valence-corrected chi connectivity index (χ3v) is 13.3. The highest BCUT2D eigenvalue weighted by Gasteiger charge is 2.28. The van der Waals surface area contributed by atoms with E-state index in [0.717, 1.165) is 90.7 Å². The molecule has 0 unspecified atom stereocenters. The zero-order chi connectivity index (χ0) is 48.8. The van der Waals surface area contributed by atoms with Gasteiger partial charge in [-0.3, -0.25) is 19.2 Å². The highest BCUT2D eigenvalue weighted by Crippen LogP contribution is 2.36. The Balaban J connectivity index is 0.000000201. The maximum absolute atomic E-state index is 13.3. The van der Waals surface area contributed by atoms with Gasteiger partial charge in [0.25, 0.3) is 11.8 Å². The van der Waals surface area contributed by atoms with Crippen LogP contribution in [-0.2, 0) is 35.5 Å². The van der Waals surface area contributed by atoms with Crippen LogP contribution in [0.3, 0.4) is 0 Å². The molecule has 0 bridgehead atoms. The fraction of sp³-hybridized carbons (Fsp3) is 0.321. The predicted molar refractivity (Wildman–Crippen MR) is 261 cm³/mol. The number of carbonyl (C=O) groups excluding carboxylic acids is 2. The molecule has 6 aromatic rings. The van der Waals surface area contributed by atoms with Gasteiger partial charge in [-0.15, -0.1) is 0 Å². The first-order valence-corrected chi connectivity index (χ1v) is 22.9. The molecule has 2 aliphatic rings. The maximum Gasteiger partial charge on any atom is 0.304 e. The number of carboxylic acid groups (broad SMARTS) is 2. The molecule has 0 fully saturated rings. The van der Waals surface area contributed by atoms with Crippen molar-refractivity contribution in [3.8, 4) is 11.8 Å². The number of hydrogen-bond acceptors (Lipinski definition) is 8. The van der Waals surface area contributed by atoms with Crippen LogP contribution in [0.4, 0.5) is 0 Å². The molecule has 2 atom stereocenters. The van der Waals surface area contributed by atoms with Crippen LogP contribution in [0.15, 0.2) is 97.3 Å². The number of ether oxygens (including phenoxy) is 2. The van der Waals surface area contributed by atoms with Crippen LogP contribution >= 0.6 is 0 Å². The third kappa shape index (κ3) is 11.1. The summed E-state index contributed by atoms with van der Waals surface area (Å²) in [4.78, 5) is 62.5. The molecule has 2 aliphatic heterocycles. The van der Waals surface area contributed by atoms with Gasteiger partial charge in [-0.05, 0) is 133 Å². The van der Waals surface area contributed by atoms with Gasteiger partial charge in [-0.25, -0.2) is 9.97 Å². The Kier molecular flexibility index (Phi) is 15.1. The summed E-state index contributed by atoms with van der Waals surface area (Å²) in [6.45, 7) is 14.1. The molecule has 352 valence electrons. The predicted octanol–water partition coefficient (Wildman–Crippen LogP) is 9.64. The Morgan fingerprint density at radius 1 is 0.529 bits per heavy atom. The number of rotatable bonds is 12. The van der Waals surface area contributed by atoms with Crippen LogP contribution in [0.5, 0.6) is 11.8 Å². The van der Waals surface area contributed by atoms with E-state index in [1.165, 1.54) is 11.1 Å². The van der Waals surface area contributed by atoms with Crippen molar-refractivity contribution in [3.05, 3.63) is 186 Å². The molecule has 0 radical (unpaired) electrons. The molecule has 12 heteroatoms. The summed E-state index contributed by atoms with van der Waals surface area (Å²) in [6, 6.07) is 27.9. The van der Waals surface area contributed by atoms with Gasteiger partial charge in [0, 0.05) is 73.7 Å². The van der Waals surface area contributed by atoms with Gasteiger partial charge in [0.15, 0.2) is 0 Å². The van der Waals surface area contributed by atoms with Gasteiger partial charge < -0.3 is 29.5 Å². The first kappa shape index (κ1) is 48.6. The minimum absolute atomic E-state index is 0.0366. The summed E-state index contributed by atoms with van der Waals surface area (Å²) in [5.41, 5.74) is 15.5. The van der Waals surface area contributed by atoms with Crippen LogP contribution in [0.1, 0.15) is 123 Å². The van der Waals surface area contributed by atoms with Crippen LogP contribution in [0, 0.1) is 41.5 Å². The number of hydrogen-bond donors (Lipinski definition) is 2. The molecule has 0 saturated carbocycles. The molecule has 4 aromatic carbocycles. The van der Waals surface area contributed by atoms with E-state index in [2.05, 4.69) is 34.2 Å². The summed E-state index contributed by atoms with van der Waals surface area (Å²) >= 11 is 0. The largest absolute Gasteiger partial charge is 0.481 e. The lowest BCUT2D eigenvalue weighted by atomic mass is 9.84. The lowest BCUT2D eigenvalue weighted by Crippen LogP contribution is -2.36. The fourth-order valence-electron chi connectivity index (χ4n) is 9.41. The van der Waals surface area contributed by atoms with Crippen molar-refractivity contribution in [1.82, 2.24) is 19.8 Å². The van der Waals surface area contributed by atoms with Crippen LogP contribution in [0.25, 0.3) is 0 Å². The van der Waals surface area contributed by atoms with E-state index in [1.54, 1.807) is 26.6 Å². The maximum atomic E-state index is 13.3. The summed E-state index contributed by atoms with van der Waals surface area (Å²) in [7, 11) is 3.12. The Morgan fingerprint density at radius 3 is 1.28 bits per heavy atom. The lowest BCUT2D eigenvalue weighted by molar-refractivity contribution is -0.138. The van der Waals surface area contributed by atoms with Crippen molar-refractivity contribution in [2.24, 2.45) is 0 Å². The SMILES string of the molecule is COc1cc(C)c([C@@H](CC(=O)O)c2ccc3c(c2)CN(C(=O)c2cc(C)ccc2C)CC3)cn1.COc1cc(C)c([C@H](CC(=O)O)c2ccc3c(c2)CN(C(=O)c2cc(C)ccc2C)CC3)cn1. The number of nitrogens with zero attached hydrogens (tertiary/aromatic N) is 4. The van der Waals surface area contributed by atoms with Gasteiger partial charge in [-0.1, -0.05) is 71.8 Å². The number of aromatic nitrogens is 2.